The van der Waals surface area contributed by atoms with Gasteiger partial charge in [-0.3, -0.25) is 4.79 Å². The van der Waals surface area contributed by atoms with Crippen molar-refractivity contribution in [2.75, 3.05) is 11.6 Å². The molecule has 3 rings (SSSR count). The number of hydrogen-bond acceptors (Lipinski definition) is 6. The Hall–Kier alpha value is -2.51. The maximum absolute atomic E-state index is 12.1. The van der Waals surface area contributed by atoms with Crippen LogP contribution in [0.15, 0.2) is 70.8 Å². The van der Waals surface area contributed by atoms with Gasteiger partial charge in [-0.1, -0.05) is 60.3 Å². The summed E-state index contributed by atoms with van der Waals surface area (Å²) < 4.78 is 0. The summed E-state index contributed by atoms with van der Waals surface area (Å²) in [7, 11) is 0. The first-order valence-corrected chi connectivity index (χ1v) is 10.1. The number of thioether (sulfide) groups is 2. The number of nitrogens with one attached hydrogen (secondary N) is 1. The summed E-state index contributed by atoms with van der Waals surface area (Å²) in [5, 5.41) is 4.36. The summed E-state index contributed by atoms with van der Waals surface area (Å²) in [4.78, 5) is 21.1. The Morgan fingerprint density at radius 2 is 1.69 bits per heavy atom. The molecule has 3 aromatic rings. The van der Waals surface area contributed by atoms with Crippen LogP contribution in [0.25, 0.3) is 0 Å². The second kappa shape index (κ2) is 8.73. The summed E-state index contributed by atoms with van der Waals surface area (Å²) >= 11 is 2.90. The van der Waals surface area contributed by atoms with E-state index in [1.807, 2.05) is 66.9 Å². The van der Waals surface area contributed by atoms with Gasteiger partial charge in [0.1, 0.15) is 16.4 Å². The lowest BCUT2D eigenvalue weighted by Crippen LogP contribution is -2.17. The molecule has 3 N–H and O–H groups in total. The van der Waals surface area contributed by atoms with E-state index in [2.05, 4.69) is 15.3 Å². The highest BCUT2D eigenvalue weighted by atomic mass is 32.2. The molecule has 2 aromatic carbocycles. The van der Waals surface area contributed by atoms with Crippen LogP contribution in [-0.2, 0) is 5.75 Å². The number of aromatic nitrogens is 2. The molecule has 0 aliphatic carbocycles. The van der Waals surface area contributed by atoms with Crippen LogP contribution in [0.1, 0.15) is 15.9 Å². The number of hydrogen-bond donors (Lipinski definition) is 2. The molecule has 0 unspecified atom stereocenters. The first kappa shape index (κ1) is 18.3. The van der Waals surface area contributed by atoms with Crippen LogP contribution in [0.2, 0.25) is 0 Å². The van der Waals surface area contributed by atoms with E-state index in [1.165, 1.54) is 23.5 Å². The van der Waals surface area contributed by atoms with Gasteiger partial charge < -0.3 is 11.1 Å². The van der Waals surface area contributed by atoms with Gasteiger partial charge in [0.05, 0.1) is 0 Å². The van der Waals surface area contributed by atoms with E-state index in [1.54, 1.807) is 0 Å². The molecule has 1 aromatic heterocycles. The van der Waals surface area contributed by atoms with E-state index >= 15 is 0 Å². The van der Waals surface area contributed by atoms with Crippen molar-refractivity contribution in [2.45, 2.75) is 15.9 Å². The molecular formula is C19H18N4OS2. The Bertz CT molecular complexity index is 889. The van der Waals surface area contributed by atoms with Gasteiger partial charge in [0.25, 0.3) is 5.91 Å². The van der Waals surface area contributed by atoms with Gasteiger partial charge in [-0.15, -0.1) is 11.8 Å². The Balaban J connectivity index is 1.96. The quantitative estimate of drug-likeness (QED) is 0.359. The predicted molar refractivity (Wildman–Crippen MR) is 108 cm³/mol. The molecule has 0 radical (unpaired) electrons. The SMILES string of the molecule is CSc1nc(Nc2ccccc2)c(C(N)=O)c(SCc2ccccc2)n1. The van der Waals surface area contributed by atoms with E-state index < -0.39 is 5.91 Å². The number of carbonyl (C=O) groups is 1. The molecule has 0 aliphatic heterocycles. The average molecular weight is 383 g/mol. The molecule has 1 amide bonds. The van der Waals surface area contributed by atoms with E-state index in [4.69, 9.17) is 5.73 Å². The van der Waals surface area contributed by atoms with Crippen LogP contribution in [0, 0.1) is 0 Å². The molecule has 0 spiro atoms. The molecule has 5 nitrogen and oxygen atoms in total. The van der Waals surface area contributed by atoms with Gasteiger partial charge in [-0.2, -0.15) is 0 Å². The minimum atomic E-state index is -0.549. The maximum Gasteiger partial charge on any atom is 0.255 e. The number of benzene rings is 2. The molecule has 0 saturated heterocycles. The van der Waals surface area contributed by atoms with Crippen molar-refractivity contribution in [1.82, 2.24) is 9.97 Å². The van der Waals surface area contributed by atoms with Crippen molar-refractivity contribution in [3.05, 3.63) is 71.8 Å². The number of primary amides is 1. The molecule has 0 bridgehead atoms. The molecule has 0 saturated carbocycles. The van der Waals surface area contributed by atoms with E-state index in [9.17, 15) is 4.79 Å². The Morgan fingerprint density at radius 1 is 1.04 bits per heavy atom. The average Bonchev–Trinajstić information content (AvgIpc) is 2.67. The van der Waals surface area contributed by atoms with Crippen LogP contribution in [0.3, 0.4) is 0 Å². The van der Waals surface area contributed by atoms with Crippen molar-refractivity contribution in [2.24, 2.45) is 5.73 Å². The predicted octanol–water partition coefficient (Wildman–Crippen LogP) is 4.33. The van der Waals surface area contributed by atoms with Crippen LogP contribution in [0.4, 0.5) is 11.5 Å². The topological polar surface area (TPSA) is 80.9 Å². The largest absolute Gasteiger partial charge is 0.365 e. The summed E-state index contributed by atoms with van der Waals surface area (Å²) in [6.45, 7) is 0. The number of nitrogens with zero attached hydrogens (tertiary/aromatic N) is 2. The smallest absolute Gasteiger partial charge is 0.255 e. The molecule has 7 heteroatoms. The van der Waals surface area contributed by atoms with Crippen LogP contribution in [-0.4, -0.2) is 22.1 Å². The summed E-state index contributed by atoms with van der Waals surface area (Å²) in [6, 6.07) is 19.6. The number of nitrogens with two attached hydrogens (primary N) is 1. The lowest BCUT2D eigenvalue weighted by atomic mass is 10.2. The lowest BCUT2D eigenvalue weighted by molar-refractivity contribution is 0.0997. The van der Waals surface area contributed by atoms with Crippen molar-refractivity contribution >= 4 is 40.9 Å². The van der Waals surface area contributed by atoms with Crippen molar-refractivity contribution < 1.29 is 4.79 Å². The van der Waals surface area contributed by atoms with Crippen LogP contribution >= 0.6 is 23.5 Å². The molecule has 132 valence electrons. The van der Waals surface area contributed by atoms with Gasteiger partial charge in [0, 0.05) is 11.4 Å². The zero-order valence-electron chi connectivity index (χ0n) is 14.2. The van der Waals surface area contributed by atoms with E-state index in [0.717, 1.165) is 11.3 Å². The molecule has 1 heterocycles. The highest BCUT2D eigenvalue weighted by Crippen LogP contribution is 2.31. The van der Waals surface area contributed by atoms with Crippen molar-refractivity contribution in [3.63, 3.8) is 0 Å². The van der Waals surface area contributed by atoms with Crippen molar-refractivity contribution in [3.8, 4) is 0 Å². The molecule has 0 atom stereocenters. The number of anilines is 2. The van der Waals surface area contributed by atoms with E-state index in [0.29, 0.717) is 27.3 Å². The lowest BCUT2D eigenvalue weighted by Gasteiger charge is -2.14. The standard InChI is InChI=1S/C19H18N4OS2/c1-25-19-22-17(21-14-10-6-3-7-11-14)15(16(20)24)18(23-19)26-12-13-8-4-2-5-9-13/h2-11H,12H2,1H3,(H2,20,24)(H,21,22,23). The first-order valence-electron chi connectivity index (χ1n) is 7.92. The zero-order chi connectivity index (χ0) is 18.4. The number of rotatable bonds is 7. The van der Waals surface area contributed by atoms with Gasteiger partial charge in [-0.25, -0.2) is 9.97 Å². The van der Waals surface area contributed by atoms with Crippen LogP contribution in [0.5, 0.6) is 0 Å². The summed E-state index contributed by atoms with van der Waals surface area (Å²) in [6.07, 6.45) is 1.90. The second-order valence-electron chi connectivity index (χ2n) is 5.37. The van der Waals surface area contributed by atoms with Gasteiger partial charge in [0.15, 0.2) is 5.16 Å². The molecule has 26 heavy (non-hydrogen) atoms. The second-order valence-corrected chi connectivity index (χ2v) is 7.11. The molecule has 0 aliphatic rings. The fraction of sp³-hybridized carbons (Fsp3) is 0.105. The number of carbonyl (C=O) groups excluding carboxylic acids is 1. The number of para-hydroxylation sites is 1. The normalized spacial score (nSPS) is 10.5. The minimum absolute atomic E-state index is 0.313. The van der Waals surface area contributed by atoms with E-state index in [-0.39, 0.29) is 0 Å². The third-order valence-corrected chi connectivity index (χ3v) is 5.13. The maximum atomic E-state index is 12.1. The van der Waals surface area contributed by atoms with Crippen LogP contribution < -0.4 is 11.1 Å². The highest BCUT2D eigenvalue weighted by Gasteiger charge is 2.20. The Morgan fingerprint density at radius 3 is 2.31 bits per heavy atom. The summed E-state index contributed by atoms with van der Waals surface area (Å²) in [5.74, 6) is 0.571. The highest BCUT2D eigenvalue weighted by molar-refractivity contribution is 7.99. The van der Waals surface area contributed by atoms with Gasteiger partial charge >= 0.3 is 0 Å². The Kier molecular flexibility index (Phi) is 6.14. The first-order chi connectivity index (χ1) is 12.7. The fourth-order valence-electron chi connectivity index (χ4n) is 2.31. The number of amides is 1. The minimum Gasteiger partial charge on any atom is -0.365 e. The third-order valence-electron chi connectivity index (χ3n) is 3.54. The van der Waals surface area contributed by atoms with Crippen molar-refractivity contribution in [1.29, 1.82) is 0 Å². The molecule has 0 fully saturated rings. The molecular weight excluding hydrogens is 364 g/mol. The van der Waals surface area contributed by atoms with Gasteiger partial charge in [-0.05, 0) is 24.0 Å². The van der Waals surface area contributed by atoms with Gasteiger partial charge in [0.2, 0.25) is 0 Å². The Labute approximate surface area is 160 Å². The zero-order valence-corrected chi connectivity index (χ0v) is 15.8. The summed E-state index contributed by atoms with van der Waals surface area (Å²) in [5.41, 5.74) is 7.94. The monoisotopic (exact) mass is 382 g/mol. The fourth-order valence-corrected chi connectivity index (χ4v) is 3.72. The third kappa shape index (κ3) is 4.56.